The fourth-order valence-electron chi connectivity index (χ4n) is 3.36. The maximum atomic E-state index is 11.5. The van der Waals surface area contributed by atoms with Gasteiger partial charge < -0.3 is 9.84 Å². The number of methoxy groups -OCH3 is 1. The molecule has 6 nitrogen and oxygen atoms in total. The van der Waals surface area contributed by atoms with E-state index in [1.54, 1.807) is 37.4 Å². The van der Waals surface area contributed by atoms with Crippen LogP contribution in [-0.4, -0.2) is 27.1 Å². The van der Waals surface area contributed by atoms with Crippen molar-refractivity contribution in [1.29, 1.82) is 0 Å². The number of phenols is 1. The first-order chi connectivity index (χ1) is 16.3. The first-order valence-electron chi connectivity index (χ1n) is 9.91. The number of rotatable bonds is 5. The third-order valence-electron chi connectivity index (χ3n) is 4.80. The van der Waals surface area contributed by atoms with E-state index in [0.717, 1.165) is 16.3 Å². The van der Waals surface area contributed by atoms with Gasteiger partial charge in [-0.25, -0.2) is 4.99 Å². The number of para-hydroxylation sites is 2. The van der Waals surface area contributed by atoms with Crippen LogP contribution in [0.15, 0.2) is 89.9 Å². The minimum absolute atomic E-state index is 0.0249. The molecule has 0 amide bonds. The number of ether oxygens (including phenoxy) is 1. The molecule has 4 aromatic carbocycles. The van der Waals surface area contributed by atoms with E-state index >= 15 is 0 Å². The molecule has 0 spiro atoms. The van der Waals surface area contributed by atoms with E-state index < -0.39 is 9.22 Å². The van der Waals surface area contributed by atoms with Gasteiger partial charge in [0.2, 0.25) is 0 Å². The molecule has 0 bridgehead atoms. The second-order valence-electron chi connectivity index (χ2n) is 6.87. The first-order valence-corrected chi connectivity index (χ1v) is 11.2. The molecule has 0 aliphatic carbocycles. The predicted octanol–water partition coefficient (Wildman–Crippen LogP) is 7.62. The lowest BCUT2D eigenvalue weighted by atomic mass is 9.95. The van der Waals surface area contributed by atoms with Crippen molar-refractivity contribution in [3.05, 3.63) is 106 Å². The highest BCUT2D eigenvalue weighted by molar-refractivity contribution is 6.63. The second-order valence-corrected chi connectivity index (χ2v) is 8.85. The average Bonchev–Trinajstić information content (AvgIpc) is 2.83. The number of halogens is 3. The van der Waals surface area contributed by atoms with E-state index in [9.17, 15) is 15.2 Å². The van der Waals surface area contributed by atoms with Gasteiger partial charge in [0.1, 0.15) is 17.2 Å². The van der Waals surface area contributed by atoms with Gasteiger partial charge in [0.25, 0.3) is 5.69 Å². The third-order valence-corrected chi connectivity index (χ3v) is 4.80. The predicted molar refractivity (Wildman–Crippen MR) is 138 cm³/mol. The van der Waals surface area contributed by atoms with Crippen molar-refractivity contribution in [2.45, 2.75) is 4.30 Å². The highest BCUT2D eigenvalue weighted by atomic mass is 35.6. The van der Waals surface area contributed by atoms with Crippen LogP contribution in [0.4, 0.5) is 11.4 Å². The molecule has 0 saturated carbocycles. The molecular weight excluding hydrogens is 499 g/mol. The Morgan fingerprint density at radius 1 is 0.971 bits per heavy atom. The average molecular weight is 518 g/mol. The molecule has 0 atom stereocenters. The molecule has 0 radical (unpaired) electrons. The summed E-state index contributed by atoms with van der Waals surface area (Å²) in [5.41, 5.74) is 1.74. The fourth-order valence-corrected chi connectivity index (χ4v) is 3.36. The number of nitro groups is 1. The Hall–Kier alpha value is -3.32. The Balaban J connectivity index is 0.000000751. The van der Waals surface area contributed by atoms with Crippen LogP contribution >= 0.6 is 34.8 Å². The van der Waals surface area contributed by atoms with Gasteiger partial charge in [-0.05, 0) is 35.0 Å². The Labute approximate surface area is 211 Å². The molecule has 4 rings (SSSR count). The van der Waals surface area contributed by atoms with Crippen molar-refractivity contribution < 1.29 is 14.8 Å². The Bertz CT molecular complexity index is 1330. The smallest absolute Gasteiger partial charge is 0.294 e. The monoisotopic (exact) mass is 516 g/mol. The van der Waals surface area contributed by atoms with Crippen LogP contribution < -0.4 is 4.74 Å². The van der Waals surface area contributed by atoms with Crippen molar-refractivity contribution in [3.8, 4) is 11.5 Å². The van der Waals surface area contributed by atoms with Crippen molar-refractivity contribution in [1.82, 2.24) is 0 Å². The molecule has 0 aliphatic rings. The normalized spacial score (nSPS) is 11.1. The van der Waals surface area contributed by atoms with Crippen LogP contribution in [0.25, 0.3) is 10.8 Å². The molecular formula is C25H19Cl3N2O4. The molecule has 4 aromatic rings. The molecule has 9 heteroatoms. The lowest BCUT2D eigenvalue weighted by Gasteiger charge is -2.14. The second kappa shape index (κ2) is 11.7. The molecule has 0 heterocycles. The highest BCUT2D eigenvalue weighted by Gasteiger charge is 2.19. The van der Waals surface area contributed by atoms with Gasteiger partial charge in [-0.3, -0.25) is 10.1 Å². The summed E-state index contributed by atoms with van der Waals surface area (Å²) in [6.45, 7) is 0. The Morgan fingerprint density at radius 2 is 1.59 bits per heavy atom. The molecule has 0 saturated heterocycles. The molecule has 0 aromatic heterocycles. The van der Waals surface area contributed by atoms with E-state index in [-0.39, 0.29) is 17.1 Å². The van der Waals surface area contributed by atoms with E-state index in [1.165, 1.54) is 6.07 Å². The maximum absolute atomic E-state index is 11.5. The third kappa shape index (κ3) is 6.17. The van der Waals surface area contributed by atoms with Crippen LogP contribution in [0.5, 0.6) is 11.5 Å². The summed E-state index contributed by atoms with van der Waals surface area (Å²) in [6, 6.07) is 24.5. The molecule has 0 fully saturated rings. The summed E-state index contributed by atoms with van der Waals surface area (Å²) in [5, 5.41) is 23.9. The van der Waals surface area contributed by atoms with Gasteiger partial charge in [-0.15, -0.1) is 0 Å². The fraction of sp³-hybridized carbons (Fsp3) is 0.0800. The highest BCUT2D eigenvalue weighted by Crippen LogP contribution is 2.35. The van der Waals surface area contributed by atoms with E-state index in [2.05, 4.69) is 4.99 Å². The van der Waals surface area contributed by atoms with Crippen molar-refractivity contribution in [2.24, 2.45) is 4.99 Å². The minimum atomic E-state index is -0.750. The quantitative estimate of drug-likeness (QED) is 0.128. The van der Waals surface area contributed by atoms with E-state index in [1.807, 2.05) is 48.5 Å². The van der Waals surface area contributed by atoms with Gasteiger partial charge in [-0.2, -0.15) is 0 Å². The number of fused-ring (bicyclic) bond motifs is 1. The lowest BCUT2D eigenvalue weighted by molar-refractivity contribution is -0.384. The van der Waals surface area contributed by atoms with Crippen LogP contribution in [0.1, 0.15) is 11.1 Å². The number of aromatic hydroxyl groups is 1. The molecule has 0 aliphatic heterocycles. The SMILES string of the molecule is COc1ccc2ccc(O)c(C(=Nc3ccccc3[N+](=O)[O-])c3ccccc3)c2c1.ClC(Cl)Cl. The van der Waals surface area contributed by atoms with Gasteiger partial charge in [0.15, 0.2) is 4.30 Å². The summed E-state index contributed by atoms with van der Waals surface area (Å²) in [4.78, 5) is 15.7. The zero-order chi connectivity index (χ0) is 24.7. The number of aliphatic imine (C=N–C) groups is 1. The topological polar surface area (TPSA) is 85.0 Å². The number of phenolic OH excluding ortho intramolecular Hbond substituents is 1. The summed E-state index contributed by atoms with van der Waals surface area (Å²) >= 11 is 14.4. The van der Waals surface area contributed by atoms with E-state index in [0.29, 0.717) is 17.0 Å². The van der Waals surface area contributed by atoms with Crippen LogP contribution in [-0.2, 0) is 0 Å². The minimum Gasteiger partial charge on any atom is -0.507 e. The van der Waals surface area contributed by atoms with Crippen molar-refractivity contribution >= 4 is 62.7 Å². The lowest BCUT2D eigenvalue weighted by Crippen LogP contribution is -2.05. The number of nitro benzene ring substituents is 1. The zero-order valence-corrected chi connectivity index (χ0v) is 20.1. The molecule has 1 N–H and O–H groups in total. The van der Waals surface area contributed by atoms with Gasteiger partial charge in [-0.1, -0.05) is 89.4 Å². The summed E-state index contributed by atoms with van der Waals surface area (Å²) < 4.78 is 4.61. The number of hydrogen-bond acceptors (Lipinski definition) is 5. The Kier molecular flexibility index (Phi) is 8.71. The maximum Gasteiger partial charge on any atom is 0.294 e. The molecule has 34 heavy (non-hydrogen) atoms. The number of nitrogens with zero attached hydrogens (tertiary/aromatic N) is 2. The number of hydrogen-bond donors (Lipinski definition) is 1. The zero-order valence-electron chi connectivity index (χ0n) is 17.9. The molecule has 0 unspecified atom stereocenters. The summed E-state index contributed by atoms with van der Waals surface area (Å²) in [7, 11) is 1.57. The summed E-state index contributed by atoms with van der Waals surface area (Å²) in [5.74, 6) is 0.657. The Morgan fingerprint density at radius 3 is 2.24 bits per heavy atom. The standard InChI is InChI=1S/C24H18N2O4.CHCl3/c1-30-18-13-11-16-12-14-22(27)23(19(16)15-18)24(17-7-3-2-4-8-17)25-20-9-5-6-10-21(20)26(28)29;2-1(3)4/h2-15,27H,1H3;1H. The number of benzene rings is 4. The van der Waals surface area contributed by atoms with Gasteiger partial charge in [0.05, 0.1) is 23.3 Å². The van der Waals surface area contributed by atoms with Crippen LogP contribution in [0, 0.1) is 10.1 Å². The van der Waals surface area contributed by atoms with Crippen LogP contribution in [0.3, 0.4) is 0 Å². The number of alkyl halides is 3. The van der Waals surface area contributed by atoms with Gasteiger partial charge in [0, 0.05) is 11.6 Å². The first kappa shape index (κ1) is 25.3. The summed E-state index contributed by atoms with van der Waals surface area (Å²) in [6.07, 6.45) is 0. The van der Waals surface area contributed by atoms with Gasteiger partial charge >= 0.3 is 0 Å². The van der Waals surface area contributed by atoms with E-state index in [4.69, 9.17) is 39.5 Å². The molecule has 174 valence electrons. The van der Waals surface area contributed by atoms with Crippen LogP contribution in [0.2, 0.25) is 0 Å². The van der Waals surface area contributed by atoms with Crippen molar-refractivity contribution in [2.75, 3.05) is 7.11 Å². The van der Waals surface area contributed by atoms with Crippen molar-refractivity contribution in [3.63, 3.8) is 0 Å². The largest absolute Gasteiger partial charge is 0.507 e.